The summed E-state index contributed by atoms with van der Waals surface area (Å²) in [4.78, 5) is 0. The minimum absolute atomic E-state index is 0.358. The van der Waals surface area contributed by atoms with Gasteiger partial charge in [0.15, 0.2) is 0 Å². The van der Waals surface area contributed by atoms with Crippen molar-refractivity contribution in [3.63, 3.8) is 0 Å². The van der Waals surface area contributed by atoms with E-state index < -0.39 is 0 Å². The van der Waals surface area contributed by atoms with Crippen LogP contribution in [-0.4, -0.2) is 10.2 Å². The van der Waals surface area contributed by atoms with Gasteiger partial charge in [-0.05, 0) is 18.2 Å². The molecule has 1 aromatic heterocycles. The highest BCUT2D eigenvalue weighted by molar-refractivity contribution is 6.35. The summed E-state index contributed by atoms with van der Waals surface area (Å²) in [5.41, 5.74) is 6.21. The molecular formula is C15H12ClN3O. The Hall–Kier alpha value is -2.17. The molecule has 3 rings (SSSR count). The number of aromatic nitrogens is 2. The summed E-state index contributed by atoms with van der Waals surface area (Å²) in [5.74, 6) is 1.12. The molecular weight excluding hydrogens is 274 g/mol. The van der Waals surface area contributed by atoms with Crippen molar-refractivity contribution >= 4 is 22.4 Å². The van der Waals surface area contributed by atoms with Gasteiger partial charge >= 0.3 is 0 Å². The van der Waals surface area contributed by atoms with E-state index >= 15 is 0 Å². The van der Waals surface area contributed by atoms with E-state index in [1.807, 2.05) is 30.3 Å². The summed E-state index contributed by atoms with van der Waals surface area (Å²) in [7, 11) is 0. The molecule has 2 aromatic carbocycles. The third-order valence-electron chi connectivity index (χ3n) is 2.95. The molecule has 0 aliphatic rings. The number of benzene rings is 2. The van der Waals surface area contributed by atoms with Crippen molar-refractivity contribution in [2.45, 2.75) is 6.54 Å². The standard InChI is InChI=1S/C15H12ClN3O/c16-13-6-7-14(12-4-2-1-3-11(12)13)20-15-8-5-10(9-17)18-19-15/h1-8H,9,17H2. The second kappa shape index (κ2) is 5.45. The molecule has 0 aliphatic heterocycles. The molecule has 0 fully saturated rings. The first-order valence-corrected chi connectivity index (χ1v) is 6.53. The summed E-state index contributed by atoms with van der Waals surface area (Å²) >= 11 is 6.17. The normalized spacial score (nSPS) is 10.7. The Labute approximate surface area is 121 Å². The Kier molecular flexibility index (Phi) is 3.50. The average Bonchev–Trinajstić information content (AvgIpc) is 2.51. The zero-order chi connectivity index (χ0) is 13.9. The van der Waals surface area contributed by atoms with E-state index in [0.29, 0.717) is 23.2 Å². The summed E-state index contributed by atoms with van der Waals surface area (Å²) in [6.45, 7) is 0.358. The van der Waals surface area contributed by atoms with Crippen LogP contribution in [-0.2, 0) is 6.54 Å². The monoisotopic (exact) mass is 285 g/mol. The van der Waals surface area contributed by atoms with Crippen LogP contribution in [0.15, 0.2) is 48.5 Å². The Morgan fingerprint density at radius 3 is 2.45 bits per heavy atom. The van der Waals surface area contributed by atoms with Gasteiger partial charge in [0.05, 0.1) is 5.69 Å². The number of rotatable bonds is 3. The van der Waals surface area contributed by atoms with Gasteiger partial charge < -0.3 is 10.5 Å². The van der Waals surface area contributed by atoms with Crippen molar-refractivity contribution in [1.82, 2.24) is 10.2 Å². The summed E-state index contributed by atoms with van der Waals surface area (Å²) in [6, 6.07) is 15.0. The van der Waals surface area contributed by atoms with Crippen molar-refractivity contribution in [3.8, 4) is 11.6 Å². The minimum atomic E-state index is 0.358. The van der Waals surface area contributed by atoms with E-state index in [1.165, 1.54) is 0 Å². The molecule has 0 saturated carbocycles. The largest absolute Gasteiger partial charge is 0.437 e. The first kappa shape index (κ1) is 12.8. The highest BCUT2D eigenvalue weighted by Crippen LogP contribution is 2.33. The third-order valence-corrected chi connectivity index (χ3v) is 3.28. The highest BCUT2D eigenvalue weighted by Gasteiger charge is 2.07. The number of hydrogen-bond donors (Lipinski definition) is 1. The molecule has 0 amide bonds. The van der Waals surface area contributed by atoms with Gasteiger partial charge in [0.1, 0.15) is 5.75 Å². The van der Waals surface area contributed by atoms with Crippen LogP contribution in [0.5, 0.6) is 11.6 Å². The van der Waals surface area contributed by atoms with Gasteiger partial charge in [-0.2, -0.15) is 5.10 Å². The van der Waals surface area contributed by atoms with Gasteiger partial charge in [0.2, 0.25) is 5.88 Å². The lowest BCUT2D eigenvalue weighted by Crippen LogP contribution is -2.01. The van der Waals surface area contributed by atoms with Crippen molar-refractivity contribution in [2.24, 2.45) is 5.73 Å². The SMILES string of the molecule is NCc1ccc(Oc2ccc(Cl)c3ccccc23)nn1. The molecule has 100 valence electrons. The fourth-order valence-corrected chi connectivity index (χ4v) is 2.18. The maximum atomic E-state index is 6.17. The Bertz CT molecular complexity index is 744. The number of fused-ring (bicyclic) bond motifs is 1. The van der Waals surface area contributed by atoms with E-state index in [-0.39, 0.29) is 0 Å². The first-order chi connectivity index (χ1) is 9.78. The topological polar surface area (TPSA) is 61.0 Å². The lowest BCUT2D eigenvalue weighted by molar-refractivity contribution is 0.459. The van der Waals surface area contributed by atoms with E-state index in [0.717, 1.165) is 16.5 Å². The molecule has 0 atom stereocenters. The fourth-order valence-electron chi connectivity index (χ4n) is 1.95. The number of nitrogens with zero attached hydrogens (tertiary/aromatic N) is 2. The number of hydrogen-bond acceptors (Lipinski definition) is 4. The van der Waals surface area contributed by atoms with Gasteiger partial charge in [0, 0.05) is 28.4 Å². The second-order valence-corrected chi connectivity index (χ2v) is 4.67. The summed E-state index contributed by atoms with van der Waals surface area (Å²) in [6.07, 6.45) is 0. The van der Waals surface area contributed by atoms with E-state index in [9.17, 15) is 0 Å². The van der Waals surface area contributed by atoms with Gasteiger partial charge in [-0.15, -0.1) is 5.10 Å². The van der Waals surface area contributed by atoms with Crippen LogP contribution in [0.1, 0.15) is 5.69 Å². The molecule has 0 spiro atoms. The van der Waals surface area contributed by atoms with Crippen molar-refractivity contribution in [2.75, 3.05) is 0 Å². The van der Waals surface area contributed by atoms with Crippen LogP contribution < -0.4 is 10.5 Å². The quantitative estimate of drug-likeness (QED) is 0.799. The molecule has 20 heavy (non-hydrogen) atoms. The molecule has 0 radical (unpaired) electrons. The van der Waals surface area contributed by atoms with Crippen LogP contribution in [0.3, 0.4) is 0 Å². The maximum absolute atomic E-state index is 6.17. The van der Waals surface area contributed by atoms with Gasteiger partial charge in [-0.3, -0.25) is 0 Å². The van der Waals surface area contributed by atoms with Crippen molar-refractivity contribution in [1.29, 1.82) is 0 Å². The highest BCUT2D eigenvalue weighted by atomic mass is 35.5. The zero-order valence-electron chi connectivity index (χ0n) is 10.6. The zero-order valence-corrected chi connectivity index (χ0v) is 11.3. The number of halogens is 1. The lowest BCUT2D eigenvalue weighted by Gasteiger charge is -2.09. The smallest absolute Gasteiger partial charge is 0.238 e. The number of ether oxygens (including phenoxy) is 1. The predicted molar refractivity (Wildman–Crippen MR) is 79.0 cm³/mol. The summed E-state index contributed by atoms with van der Waals surface area (Å²) in [5, 5.41) is 10.5. The Balaban J connectivity index is 2.00. The predicted octanol–water partition coefficient (Wildman–Crippen LogP) is 3.53. The van der Waals surface area contributed by atoms with Crippen LogP contribution in [0.4, 0.5) is 0 Å². The molecule has 1 heterocycles. The van der Waals surface area contributed by atoms with Gasteiger partial charge in [0.25, 0.3) is 0 Å². The van der Waals surface area contributed by atoms with E-state index in [4.69, 9.17) is 22.1 Å². The molecule has 0 saturated heterocycles. The van der Waals surface area contributed by atoms with Gasteiger partial charge in [-0.1, -0.05) is 35.9 Å². The fraction of sp³-hybridized carbons (Fsp3) is 0.0667. The average molecular weight is 286 g/mol. The van der Waals surface area contributed by atoms with Crippen LogP contribution in [0.25, 0.3) is 10.8 Å². The molecule has 0 bridgehead atoms. The van der Waals surface area contributed by atoms with Crippen LogP contribution in [0, 0.1) is 0 Å². The molecule has 3 aromatic rings. The first-order valence-electron chi connectivity index (χ1n) is 6.15. The molecule has 0 unspecified atom stereocenters. The minimum Gasteiger partial charge on any atom is -0.437 e. The Morgan fingerprint density at radius 2 is 1.75 bits per heavy atom. The van der Waals surface area contributed by atoms with Crippen LogP contribution in [0.2, 0.25) is 5.02 Å². The summed E-state index contributed by atoms with van der Waals surface area (Å²) < 4.78 is 5.77. The molecule has 0 aliphatic carbocycles. The Morgan fingerprint density at radius 1 is 0.950 bits per heavy atom. The second-order valence-electron chi connectivity index (χ2n) is 4.26. The number of nitrogens with two attached hydrogens (primary N) is 1. The van der Waals surface area contributed by atoms with Crippen LogP contribution >= 0.6 is 11.6 Å². The van der Waals surface area contributed by atoms with Crippen molar-refractivity contribution in [3.05, 3.63) is 59.2 Å². The van der Waals surface area contributed by atoms with E-state index in [1.54, 1.807) is 18.2 Å². The molecule has 5 heteroatoms. The lowest BCUT2D eigenvalue weighted by atomic mass is 10.1. The van der Waals surface area contributed by atoms with E-state index in [2.05, 4.69) is 10.2 Å². The van der Waals surface area contributed by atoms with Gasteiger partial charge in [-0.25, -0.2) is 0 Å². The molecule has 2 N–H and O–H groups in total. The molecule has 4 nitrogen and oxygen atoms in total. The third kappa shape index (κ3) is 2.43. The van der Waals surface area contributed by atoms with Crippen molar-refractivity contribution < 1.29 is 4.74 Å². The maximum Gasteiger partial charge on any atom is 0.238 e.